The number of nitrogens with one attached hydrogen (secondary N) is 2. The van der Waals surface area contributed by atoms with Crippen LogP contribution in [0.1, 0.15) is 17.3 Å². The number of rotatable bonds is 5. The minimum atomic E-state index is -0.332. The smallest absolute Gasteiger partial charge is 0.261 e. The molecule has 0 heterocycles. The number of fused-ring (bicyclic) bond motifs is 1. The Morgan fingerprint density at radius 3 is 2.33 bits per heavy atom. The van der Waals surface area contributed by atoms with Gasteiger partial charge in [0.2, 0.25) is 0 Å². The van der Waals surface area contributed by atoms with Crippen molar-refractivity contribution in [2.75, 3.05) is 19.0 Å². The van der Waals surface area contributed by atoms with E-state index in [9.17, 15) is 4.79 Å². The highest BCUT2D eigenvalue weighted by Gasteiger charge is 2.15. The van der Waals surface area contributed by atoms with Crippen molar-refractivity contribution in [2.45, 2.75) is 6.92 Å². The zero-order valence-electron chi connectivity index (χ0n) is 15.1. The van der Waals surface area contributed by atoms with Crippen LogP contribution in [0.15, 0.2) is 60.7 Å². The average molecular weight is 380 g/mol. The minimum Gasteiger partial charge on any atom is -0.496 e. The van der Waals surface area contributed by atoms with Crippen LogP contribution in [0.25, 0.3) is 10.8 Å². The molecule has 138 valence electrons. The summed E-state index contributed by atoms with van der Waals surface area (Å²) in [5.74, 6) is 0.940. The molecule has 0 aliphatic heterocycles. The Hall–Kier alpha value is -3.12. The molecule has 3 aromatic carbocycles. The molecule has 0 saturated heterocycles. The monoisotopic (exact) mass is 380 g/mol. The van der Waals surface area contributed by atoms with E-state index in [0.717, 1.165) is 22.2 Å². The van der Waals surface area contributed by atoms with Crippen LogP contribution in [-0.2, 0) is 0 Å². The first kappa shape index (κ1) is 18.7. The van der Waals surface area contributed by atoms with Gasteiger partial charge in [0.25, 0.3) is 5.91 Å². The Balaban J connectivity index is 1.72. The van der Waals surface area contributed by atoms with E-state index in [0.29, 0.717) is 17.9 Å². The molecule has 0 aliphatic carbocycles. The largest absolute Gasteiger partial charge is 0.496 e. The minimum absolute atomic E-state index is 0.208. The van der Waals surface area contributed by atoms with Gasteiger partial charge in [0.1, 0.15) is 11.5 Å². The summed E-state index contributed by atoms with van der Waals surface area (Å²) in [5.41, 5.74) is 1.18. The van der Waals surface area contributed by atoms with Crippen molar-refractivity contribution in [1.82, 2.24) is 5.32 Å². The number of methoxy groups -OCH3 is 1. The zero-order chi connectivity index (χ0) is 19.2. The lowest BCUT2D eigenvalue weighted by Gasteiger charge is -2.13. The van der Waals surface area contributed by atoms with Gasteiger partial charge < -0.3 is 14.8 Å². The number of ether oxygens (including phenoxy) is 2. The number of benzene rings is 3. The molecular weight excluding hydrogens is 360 g/mol. The molecule has 27 heavy (non-hydrogen) atoms. The van der Waals surface area contributed by atoms with E-state index in [-0.39, 0.29) is 11.0 Å². The van der Waals surface area contributed by atoms with Crippen molar-refractivity contribution < 1.29 is 14.3 Å². The maximum atomic E-state index is 12.7. The standard InChI is InChI=1S/C21H20N2O3S/c1-3-26-17-10-8-16(9-11-17)22-21(27)23-20(24)18-12-14-6-4-5-7-15(14)13-19(18)25-2/h4-13H,3H2,1-2H3,(H2,22,23,24,27). The third-order valence-corrected chi connectivity index (χ3v) is 4.17. The Morgan fingerprint density at radius 2 is 1.70 bits per heavy atom. The summed E-state index contributed by atoms with van der Waals surface area (Å²) in [6.45, 7) is 2.53. The van der Waals surface area contributed by atoms with Crippen molar-refractivity contribution >= 4 is 39.7 Å². The maximum Gasteiger partial charge on any atom is 0.261 e. The predicted octanol–water partition coefficient (Wildman–Crippen LogP) is 4.37. The molecule has 0 atom stereocenters. The van der Waals surface area contributed by atoms with Crippen LogP contribution in [0, 0.1) is 0 Å². The van der Waals surface area contributed by atoms with Gasteiger partial charge in [-0.3, -0.25) is 10.1 Å². The second-order valence-electron chi connectivity index (χ2n) is 5.77. The summed E-state index contributed by atoms with van der Waals surface area (Å²) in [6, 6.07) is 18.8. The number of carbonyl (C=O) groups excluding carboxylic acids is 1. The lowest BCUT2D eigenvalue weighted by atomic mass is 10.1. The highest BCUT2D eigenvalue weighted by molar-refractivity contribution is 7.80. The molecule has 1 amide bonds. The quantitative estimate of drug-likeness (QED) is 0.644. The summed E-state index contributed by atoms with van der Waals surface area (Å²) in [5, 5.41) is 7.85. The van der Waals surface area contributed by atoms with Crippen LogP contribution < -0.4 is 20.1 Å². The first-order valence-corrected chi connectivity index (χ1v) is 8.93. The molecule has 0 saturated carbocycles. The summed E-state index contributed by atoms with van der Waals surface area (Å²) < 4.78 is 10.8. The Bertz CT molecular complexity index is 971. The predicted molar refractivity (Wildman–Crippen MR) is 112 cm³/mol. The third-order valence-electron chi connectivity index (χ3n) is 3.96. The number of carbonyl (C=O) groups is 1. The molecule has 0 unspecified atom stereocenters. The second kappa shape index (κ2) is 8.51. The van der Waals surface area contributed by atoms with Crippen molar-refractivity contribution in [2.24, 2.45) is 0 Å². The van der Waals surface area contributed by atoms with Crippen molar-refractivity contribution in [3.63, 3.8) is 0 Å². The van der Waals surface area contributed by atoms with E-state index in [2.05, 4.69) is 10.6 Å². The van der Waals surface area contributed by atoms with E-state index in [1.54, 1.807) is 6.07 Å². The number of hydrogen-bond donors (Lipinski definition) is 2. The molecule has 0 aliphatic rings. The van der Waals surface area contributed by atoms with Crippen LogP contribution in [0.3, 0.4) is 0 Å². The van der Waals surface area contributed by atoms with Crippen LogP contribution in [0.4, 0.5) is 5.69 Å². The van der Waals surface area contributed by atoms with E-state index in [4.69, 9.17) is 21.7 Å². The van der Waals surface area contributed by atoms with Crippen LogP contribution in [-0.4, -0.2) is 24.7 Å². The summed E-state index contributed by atoms with van der Waals surface area (Å²) in [4.78, 5) is 12.7. The molecule has 0 fully saturated rings. The lowest BCUT2D eigenvalue weighted by molar-refractivity contribution is 0.0975. The van der Waals surface area contributed by atoms with E-state index in [1.807, 2.05) is 61.5 Å². The molecule has 0 aromatic heterocycles. The van der Waals surface area contributed by atoms with E-state index < -0.39 is 0 Å². The summed E-state index contributed by atoms with van der Waals surface area (Å²) in [6.07, 6.45) is 0. The first-order chi connectivity index (χ1) is 13.1. The van der Waals surface area contributed by atoms with Gasteiger partial charge in [0, 0.05) is 5.69 Å². The molecule has 5 nitrogen and oxygen atoms in total. The fourth-order valence-corrected chi connectivity index (χ4v) is 2.91. The van der Waals surface area contributed by atoms with Crippen molar-refractivity contribution in [3.8, 4) is 11.5 Å². The number of anilines is 1. The normalized spacial score (nSPS) is 10.3. The van der Waals surface area contributed by atoms with Crippen molar-refractivity contribution in [3.05, 3.63) is 66.2 Å². The van der Waals surface area contributed by atoms with Crippen molar-refractivity contribution in [1.29, 1.82) is 0 Å². The lowest BCUT2D eigenvalue weighted by Crippen LogP contribution is -2.34. The summed E-state index contributed by atoms with van der Waals surface area (Å²) in [7, 11) is 1.54. The van der Waals surface area contributed by atoms with Gasteiger partial charge in [0.15, 0.2) is 5.11 Å². The molecule has 2 N–H and O–H groups in total. The molecule has 3 rings (SSSR count). The Kier molecular flexibility index (Phi) is 5.88. The first-order valence-electron chi connectivity index (χ1n) is 8.52. The van der Waals surface area contributed by atoms with E-state index in [1.165, 1.54) is 7.11 Å². The average Bonchev–Trinajstić information content (AvgIpc) is 2.68. The van der Waals surface area contributed by atoms with Gasteiger partial charge in [0.05, 0.1) is 19.3 Å². The number of thiocarbonyl (C=S) groups is 1. The topological polar surface area (TPSA) is 59.6 Å². The molecule has 3 aromatic rings. The zero-order valence-corrected chi connectivity index (χ0v) is 15.9. The van der Waals surface area contributed by atoms with Gasteiger partial charge in [-0.05, 0) is 66.3 Å². The highest BCUT2D eigenvalue weighted by atomic mass is 32.1. The van der Waals surface area contributed by atoms with Gasteiger partial charge >= 0.3 is 0 Å². The van der Waals surface area contributed by atoms with Gasteiger partial charge in [-0.15, -0.1) is 0 Å². The molecule has 0 radical (unpaired) electrons. The van der Waals surface area contributed by atoms with Crippen LogP contribution in [0.5, 0.6) is 11.5 Å². The molecule has 0 bridgehead atoms. The van der Waals surface area contributed by atoms with Gasteiger partial charge in [-0.2, -0.15) is 0 Å². The van der Waals surface area contributed by atoms with Crippen LogP contribution >= 0.6 is 12.2 Å². The fourth-order valence-electron chi connectivity index (χ4n) is 2.70. The molecule has 0 spiro atoms. The Labute approximate surface area is 163 Å². The highest BCUT2D eigenvalue weighted by Crippen LogP contribution is 2.26. The SMILES string of the molecule is CCOc1ccc(NC(=S)NC(=O)c2cc3ccccc3cc2OC)cc1. The number of amides is 1. The number of hydrogen-bond acceptors (Lipinski definition) is 4. The third kappa shape index (κ3) is 4.54. The maximum absolute atomic E-state index is 12.7. The van der Waals surface area contributed by atoms with Gasteiger partial charge in [-0.1, -0.05) is 24.3 Å². The van der Waals surface area contributed by atoms with Gasteiger partial charge in [-0.25, -0.2) is 0 Å². The second-order valence-corrected chi connectivity index (χ2v) is 6.17. The van der Waals surface area contributed by atoms with Crippen LogP contribution in [0.2, 0.25) is 0 Å². The van der Waals surface area contributed by atoms with E-state index >= 15 is 0 Å². The molecular formula is C21H20N2O3S. The molecule has 6 heteroatoms. The fraction of sp³-hybridized carbons (Fsp3) is 0.143. The Morgan fingerprint density at radius 1 is 1.04 bits per heavy atom. The summed E-state index contributed by atoms with van der Waals surface area (Å²) >= 11 is 5.26.